The molecule has 0 saturated heterocycles. The normalized spacial score (nSPS) is 10.8. The Morgan fingerprint density at radius 1 is 1.60 bits per heavy atom. The maximum atomic E-state index is 10.6. The minimum absolute atomic E-state index is 0.117. The Kier molecular flexibility index (Phi) is 4.91. The average Bonchev–Trinajstić information content (AvgIpc) is 2.18. The molecule has 0 aliphatic carbocycles. The lowest BCUT2D eigenvalue weighted by Crippen LogP contribution is -1.81. The molecule has 0 aromatic heterocycles. The first-order valence-electron chi connectivity index (χ1n) is 4.38. The number of phenolic OH excluding ortho intramolecular Hbond substituents is 1. The van der Waals surface area contributed by atoms with Gasteiger partial charge in [0.1, 0.15) is 5.75 Å². The van der Waals surface area contributed by atoms with Crippen molar-refractivity contribution in [1.82, 2.24) is 0 Å². The highest BCUT2D eigenvalue weighted by Crippen LogP contribution is 2.24. The van der Waals surface area contributed by atoms with Gasteiger partial charge in [0.05, 0.1) is 4.47 Å². The molecule has 0 atom stereocenters. The lowest BCUT2D eigenvalue weighted by Gasteiger charge is -1.98. The number of hydrogen-bond donors (Lipinski definition) is 1. The van der Waals surface area contributed by atoms with E-state index in [0.29, 0.717) is 10.2 Å². The van der Waals surface area contributed by atoms with Crippen LogP contribution in [0.15, 0.2) is 28.7 Å². The largest absolute Gasteiger partial charge is 0.507 e. The molecular formula is C11H11BrO2S. The van der Waals surface area contributed by atoms with Crippen molar-refractivity contribution in [2.24, 2.45) is 0 Å². The van der Waals surface area contributed by atoms with Gasteiger partial charge in [-0.1, -0.05) is 30.0 Å². The maximum absolute atomic E-state index is 10.6. The summed E-state index contributed by atoms with van der Waals surface area (Å²) in [5.74, 6) is 0.902. The highest BCUT2D eigenvalue weighted by Gasteiger charge is 1.96. The Balaban J connectivity index is 2.57. The molecule has 2 nitrogen and oxygen atoms in total. The van der Waals surface area contributed by atoms with Crippen molar-refractivity contribution < 1.29 is 9.90 Å². The predicted molar refractivity (Wildman–Crippen MR) is 68.0 cm³/mol. The van der Waals surface area contributed by atoms with E-state index >= 15 is 0 Å². The molecule has 0 amide bonds. The first kappa shape index (κ1) is 12.3. The Hall–Kier alpha value is -0.740. The first-order valence-corrected chi connectivity index (χ1v) is 6.16. The average molecular weight is 287 g/mol. The number of benzene rings is 1. The number of rotatable bonds is 3. The van der Waals surface area contributed by atoms with Gasteiger partial charge in [-0.3, -0.25) is 4.79 Å². The molecule has 0 fully saturated rings. The van der Waals surface area contributed by atoms with Crippen LogP contribution in [0.3, 0.4) is 0 Å². The van der Waals surface area contributed by atoms with E-state index in [-0.39, 0.29) is 10.9 Å². The van der Waals surface area contributed by atoms with Crippen LogP contribution in [0.2, 0.25) is 0 Å². The summed E-state index contributed by atoms with van der Waals surface area (Å²) in [5.41, 5.74) is 0.990. The van der Waals surface area contributed by atoms with Crippen LogP contribution in [0.1, 0.15) is 12.5 Å². The van der Waals surface area contributed by atoms with Gasteiger partial charge in [0.25, 0.3) is 0 Å². The van der Waals surface area contributed by atoms with Crippen LogP contribution in [-0.2, 0) is 4.79 Å². The quantitative estimate of drug-likeness (QED) is 0.925. The second kappa shape index (κ2) is 5.98. The van der Waals surface area contributed by atoms with Crippen molar-refractivity contribution >= 4 is 38.9 Å². The highest BCUT2D eigenvalue weighted by molar-refractivity contribution is 9.10. The zero-order chi connectivity index (χ0) is 11.3. The Labute approximate surface area is 102 Å². The van der Waals surface area contributed by atoms with E-state index in [1.165, 1.54) is 11.8 Å². The van der Waals surface area contributed by atoms with Crippen LogP contribution in [0.25, 0.3) is 6.08 Å². The summed E-state index contributed by atoms with van der Waals surface area (Å²) in [6.45, 7) is 1.55. The van der Waals surface area contributed by atoms with E-state index in [4.69, 9.17) is 0 Å². The summed E-state index contributed by atoms with van der Waals surface area (Å²) in [6, 6.07) is 5.27. The molecule has 0 saturated carbocycles. The van der Waals surface area contributed by atoms with Crippen LogP contribution >= 0.6 is 27.7 Å². The van der Waals surface area contributed by atoms with Crippen LogP contribution < -0.4 is 0 Å². The molecule has 15 heavy (non-hydrogen) atoms. The van der Waals surface area contributed by atoms with Gasteiger partial charge in [0.2, 0.25) is 0 Å². The van der Waals surface area contributed by atoms with Gasteiger partial charge in [-0.25, -0.2) is 0 Å². The third kappa shape index (κ3) is 4.53. The Bertz CT molecular complexity index is 388. The summed E-state index contributed by atoms with van der Waals surface area (Å²) >= 11 is 4.51. The second-order valence-corrected chi connectivity index (χ2v) is 4.97. The molecule has 1 N–H and O–H groups in total. The van der Waals surface area contributed by atoms with Gasteiger partial charge in [0.15, 0.2) is 5.12 Å². The molecule has 1 aromatic rings. The van der Waals surface area contributed by atoms with Gasteiger partial charge < -0.3 is 5.11 Å². The van der Waals surface area contributed by atoms with Crippen LogP contribution in [0.5, 0.6) is 5.75 Å². The number of carbonyl (C=O) groups is 1. The topological polar surface area (TPSA) is 37.3 Å². The summed E-state index contributed by atoms with van der Waals surface area (Å²) < 4.78 is 0.670. The van der Waals surface area contributed by atoms with E-state index in [2.05, 4.69) is 15.9 Å². The molecule has 0 unspecified atom stereocenters. The van der Waals surface area contributed by atoms with Gasteiger partial charge in [-0.2, -0.15) is 0 Å². The standard InChI is InChI=1S/C11H11BrO2S/c1-8(13)15-6-2-3-9-4-5-11(14)10(12)7-9/h2-5,7,14H,6H2,1H3. The number of aromatic hydroxyl groups is 1. The predicted octanol–water partition coefficient (Wildman–Crippen LogP) is 3.45. The number of phenols is 1. The fourth-order valence-corrected chi connectivity index (χ4v) is 1.80. The summed E-state index contributed by atoms with van der Waals surface area (Å²) in [4.78, 5) is 10.6. The van der Waals surface area contributed by atoms with Crippen LogP contribution in [-0.4, -0.2) is 16.0 Å². The first-order chi connectivity index (χ1) is 7.09. The molecule has 0 aliphatic rings. The van der Waals surface area contributed by atoms with Gasteiger partial charge in [-0.05, 0) is 33.6 Å². The molecule has 0 aliphatic heterocycles. The van der Waals surface area contributed by atoms with E-state index in [1.54, 1.807) is 13.0 Å². The Morgan fingerprint density at radius 3 is 2.93 bits per heavy atom. The molecule has 80 valence electrons. The minimum atomic E-state index is 0.117. The van der Waals surface area contributed by atoms with E-state index in [0.717, 1.165) is 5.56 Å². The molecule has 4 heteroatoms. The third-order valence-corrected chi connectivity index (χ3v) is 3.07. The van der Waals surface area contributed by atoms with Gasteiger partial charge >= 0.3 is 0 Å². The molecule has 0 spiro atoms. The third-order valence-electron chi connectivity index (χ3n) is 1.66. The van der Waals surface area contributed by atoms with E-state index in [1.807, 2.05) is 24.3 Å². The van der Waals surface area contributed by atoms with Gasteiger partial charge in [-0.15, -0.1) is 0 Å². The second-order valence-electron chi connectivity index (χ2n) is 2.92. The lowest BCUT2D eigenvalue weighted by molar-refractivity contribution is -0.109. The van der Waals surface area contributed by atoms with Crippen LogP contribution in [0.4, 0.5) is 0 Å². The zero-order valence-electron chi connectivity index (χ0n) is 8.24. The minimum Gasteiger partial charge on any atom is -0.507 e. The van der Waals surface area contributed by atoms with Crippen molar-refractivity contribution in [2.45, 2.75) is 6.92 Å². The Morgan fingerprint density at radius 2 is 2.33 bits per heavy atom. The smallest absolute Gasteiger partial charge is 0.186 e. The summed E-state index contributed by atoms with van der Waals surface area (Å²) in [5, 5.41) is 9.39. The lowest BCUT2D eigenvalue weighted by atomic mass is 10.2. The van der Waals surface area contributed by atoms with Crippen molar-refractivity contribution in [3.63, 3.8) is 0 Å². The molecule has 0 heterocycles. The monoisotopic (exact) mass is 286 g/mol. The summed E-state index contributed by atoms with van der Waals surface area (Å²) in [6.07, 6.45) is 3.84. The van der Waals surface area contributed by atoms with Crippen molar-refractivity contribution in [2.75, 3.05) is 5.75 Å². The van der Waals surface area contributed by atoms with Gasteiger partial charge in [0, 0.05) is 12.7 Å². The molecular weight excluding hydrogens is 276 g/mol. The SMILES string of the molecule is CC(=O)SCC=Cc1ccc(O)c(Br)c1. The fraction of sp³-hybridized carbons (Fsp3) is 0.182. The van der Waals surface area contributed by atoms with Crippen molar-refractivity contribution in [3.8, 4) is 5.75 Å². The van der Waals surface area contributed by atoms with Crippen LogP contribution in [0, 0.1) is 0 Å². The molecule has 1 aromatic carbocycles. The molecule has 0 radical (unpaired) electrons. The van der Waals surface area contributed by atoms with Crippen molar-refractivity contribution in [3.05, 3.63) is 34.3 Å². The number of thioether (sulfide) groups is 1. The fourth-order valence-electron chi connectivity index (χ4n) is 0.976. The summed E-state index contributed by atoms with van der Waals surface area (Å²) in [7, 11) is 0. The van der Waals surface area contributed by atoms with E-state index < -0.39 is 0 Å². The van der Waals surface area contributed by atoms with E-state index in [9.17, 15) is 9.90 Å². The maximum Gasteiger partial charge on any atom is 0.186 e. The molecule has 1 rings (SSSR count). The number of carbonyl (C=O) groups excluding carboxylic acids is 1. The number of halogens is 1. The highest BCUT2D eigenvalue weighted by atomic mass is 79.9. The number of hydrogen-bond acceptors (Lipinski definition) is 3. The zero-order valence-corrected chi connectivity index (χ0v) is 10.6. The molecule has 0 bridgehead atoms. The van der Waals surface area contributed by atoms with Crippen molar-refractivity contribution in [1.29, 1.82) is 0 Å².